The number of ether oxygens (including phenoxy) is 3. The van der Waals surface area contributed by atoms with Crippen molar-refractivity contribution in [1.82, 2.24) is 30.6 Å². The molecule has 12 nitrogen and oxygen atoms in total. The number of halogens is 18. The number of rotatable bonds is 9. The van der Waals surface area contributed by atoms with Crippen LogP contribution < -0.4 is 14.2 Å². The summed E-state index contributed by atoms with van der Waals surface area (Å²) in [4.78, 5) is 0. The van der Waals surface area contributed by atoms with Gasteiger partial charge in [0.25, 0.3) is 0 Å². The Morgan fingerprint density at radius 2 is 0.581 bits per heavy atom. The largest absolute Gasteiger partial charge is 0.518 e. The second-order valence-corrected chi connectivity index (χ2v) is 25.4. The fourth-order valence-corrected chi connectivity index (χ4v) is 12.8. The minimum Gasteiger partial charge on any atom is -0.518 e. The quantitative estimate of drug-likeness (QED) is 0.0770. The van der Waals surface area contributed by atoms with E-state index in [1.165, 1.54) is 0 Å². The Kier molecular flexibility index (Phi) is 22.7. The molecule has 0 aliphatic rings. The molecule has 0 unspecified atom stereocenters. The number of hydrogen-bond acceptors (Lipinski definition) is 12. The van der Waals surface area contributed by atoms with Crippen molar-refractivity contribution in [1.29, 1.82) is 0 Å². The SMILES string of the molecule is FC(F)(F)c1cc(Oc2nnc(-c3[c-]c4ccccc4o3)c3cc4ccccc4cc23)cc(C(F)(F)F)c1.FC(F)(F)c1ccc(Oc2nnc(-c3[c-]c4ccccc4o3)c3cc4ccccc4cc23)cc1C(F)(F)F.FC(F)(F)c1cccc(Oc2nnc(-c3[c-]c4ccccc4o3)c3cc4ccccc4cc23)c1C(F)(F)F.[Ir].[Ir].[Ir]. The van der Waals surface area contributed by atoms with E-state index in [9.17, 15) is 79.0 Å². The molecule has 0 atom stereocenters. The first kappa shape index (κ1) is 83.1. The first-order valence-corrected chi connectivity index (χ1v) is 33.4. The molecule has 33 heteroatoms. The van der Waals surface area contributed by atoms with Crippen molar-refractivity contribution in [2.75, 3.05) is 0 Å². The predicted octanol–water partition coefficient (Wildman–Crippen LogP) is 26.5. The Morgan fingerprint density at radius 1 is 0.256 bits per heavy atom. The normalized spacial score (nSPS) is 12.2. The number of benzene rings is 12. The molecule has 18 aromatic rings. The van der Waals surface area contributed by atoms with Gasteiger partial charge in [-0.15, -0.1) is 67.9 Å². The Hall–Kier alpha value is -11.9. The molecule has 0 saturated carbocycles. The van der Waals surface area contributed by atoms with Crippen LogP contribution in [-0.4, -0.2) is 30.6 Å². The van der Waals surface area contributed by atoms with E-state index in [0.29, 0.717) is 107 Å². The van der Waals surface area contributed by atoms with E-state index in [-0.39, 0.29) is 106 Å². The van der Waals surface area contributed by atoms with Gasteiger partial charge in [-0.3, -0.25) is 0 Å². The number of hydrogen-bond donors (Lipinski definition) is 0. The topological polar surface area (TPSA) is 144 Å². The minimum absolute atomic E-state index is 0. The maximum atomic E-state index is 13.8. The van der Waals surface area contributed by atoms with Crippen molar-refractivity contribution in [2.45, 2.75) is 37.1 Å². The monoisotopic (exact) mass is 2150 g/mol. The second kappa shape index (κ2) is 32.0. The van der Waals surface area contributed by atoms with E-state index in [4.69, 9.17) is 27.5 Å². The number of furan rings is 3. The van der Waals surface area contributed by atoms with Gasteiger partial charge in [-0.2, -0.15) is 94.3 Å². The van der Waals surface area contributed by atoms with E-state index in [1.54, 1.807) is 115 Å². The molecule has 597 valence electrons. The summed E-state index contributed by atoms with van der Waals surface area (Å²) in [6, 6.07) is 67.4. The van der Waals surface area contributed by atoms with Gasteiger partial charge in [-0.1, -0.05) is 152 Å². The van der Waals surface area contributed by atoms with E-state index in [1.807, 2.05) is 66.7 Å². The van der Waals surface area contributed by atoms with Gasteiger partial charge >= 0.3 is 37.1 Å². The van der Waals surface area contributed by atoms with Gasteiger partial charge in [-0.25, -0.2) is 0 Å². The standard InChI is InChI=1S/3C28H13F6N2O2.3Ir/c29-27(30,31)20-9-5-11-22(24(20)28(32,33)34)38-26-19-13-16-7-2-1-6-15(16)12-18(19)25(35-36-26)23-14-17-8-3-4-10-21(17)37-23;29-27(30,31)18-12-19(28(32,33)34)14-20(13-18)37-26-22-10-16-6-2-1-5-15(16)9-21(22)25(35-36-26)24-11-17-7-3-4-8-23(17)38-24;29-27(30,31)21-10-9-18(14-22(21)28(32,33)34)37-26-20-12-16-6-2-1-5-15(16)11-19(20)25(35-36-26)24-13-17-7-3-4-8-23(17)38-24;;;/h1-13H;1-10,12-14H;1-12,14H;;;/q3*-1;;;. The van der Waals surface area contributed by atoms with Crippen LogP contribution in [0, 0.1) is 18.2 Å². The minimum atomic E-state index is -5.35. The molecule has 0 aliphatic carbocycles. The van der Waals surface area contributed by atoms with Gasteiger partial charge in [0.15, 0.2) is 0 Å². The Labute approximate surface area is 685 Å². The van der Waals surface area contributed by atoms with Crippen molar-refractivity contribution >= 4 is 97.5 Å². The van der Waals surface area contributed by atoms with Gasteiger partial charge < -0.3 is 27.5 Å². The summed E-state index contributed by atoms with van der Waals surface area (Å²) in [5.41, 5.74) is -7.97. The third-order valence-electron chi connectivity index (χ3n) is 17.9. The molecule has 12 aromatic carbocycles. The molecule has 0 amide bonds. The molecule has 0 fully saturated rings. The fourth-order valence-electron chi connectivity index (χ4n) is 12.8. The Bertz CT molecular complexity index is 6680. The fraction of sp³-hybridized carbons (Fsp3) is 0.0714. The van der Waals surface area contributed by atoms with Crippen LogP contribution in [0.25, 0.3) is 132 Å². The Morgan fingerprint density at radius 3 is 0.915 bits per heavy atom. The van der Waals surface area contributed by atoms with Crippen molar-refractivity contribution in [2.24, 2.45) is 0 Å². The Balaban J connectivity index is 0.000000150. The maximum absolute atomic E-state index is 13.8. The van der Waals surface area contributed by atoms with Crippen LogP contribution in [0.5, 0.6) is 34.9 Å². The van der Waals surface area contributed by atoms with Crippen LogP contribution in [0.1, 0.15) is 33.4 Å². The summed E-state index contributed by atoms with van der Waals surface area (Å²) in [5, 5.41) is 33.6. The molecule has 0 N–H and O–H groups in total. The van der Waals surface area contributed by atoms with E-state index < -0.39 is 93.6 Å². The number of nitrogens with zero attached hydrogens (tertiary/aromatic N) is 6. The van der Waals surface area contributed by atoms with Gasteiger partial charge in [0.1, 0.15) is 22.8 Å². The molecule has 3 radical (unpaired) electrons. The summed E-state index contributed by atoms with van der Waals surface area (Å²) in [6.07, 6.45) is -31.1. The summed E-state index contributed by atoms with van der Waals surface area (Å²) < 4.78 is 276. The van der Waals surface area contributed by atoms with Crippen molar-refractivity contribution in [3.8, 4) is 69.3 Å². The molecule has 0 spiro atoms. The number of para-hydroxylation sites is 3. The van der Waals surface area contributed by atoms with E-state index >= 15 is 0 Å². The molecular formula is C84H39F18Ir3N6O6-3. The van der Waals surface area contributed by atoms with Gasteiger partial charge in [0.05, 0.1) is 62.2 Å². The maximum Gasteiger partial charge on any atom is 0.420 e. The zero-order chi connectivity index (χ0) is 80.0. The third-order valence-corrected chi connectivity index (χ3v) is 17.9. The van der Waals surface area contributed by atoms with Crippen LogP contribution in [0.2, 0.25) is 0 Å². The molecule has 0 saturated heterocycles. The van der Waals surface area contributed by atoms with Gasteiger partial charge in [0.2, 0.25) is 17.6 Å². The first-order chi connectivity index (χ1) is 54.2. The molecule has 0 bridgehead atoms. The summed E-state index contributed by atoms with van der Waals surface area (Å²) in [5.74, 6) is -2.24. The molecule has 6 heterocycles. The summed E-state index contributed by atoms with van der Waals surface area (Å²) in [7, 11) is 0. The number of fused-ring (bicyclic) bond motifs is 9. The average Bonchev–Trinajstić information content (AvgIpc) is 1.75. The van der Waals surface area contributed by atoms with Crippen LogP contribution in [0.15, 0.2) is 250 Å². The van der Waals surface area contributed by atoms with Gasteiger partial charge in [-0.05, 0) is 115 Å². The first-order valence-electron chi connectivity index (χ1n) is 33.4. The van der Waals surface area contributed by atoms with Crippen LogP contribution in [0.3, 0.4) is 0 Å². The molecule has 117 heavy (non-hydrogen) atoms. The average molecular weight is 2150 g/mol. The molecule has 0 aliphatic heterocycles. The third kappa shape index (κ3) is 17.1. The van der Waals surface area contributed by atoms with Crippen LogP contribution in [0.4, 0.5) is 79.0 Å². The smallest absolute Gasteiger partial charge is 0.420 e. The number of alkyl halides is 18. The number of aromatic nitrogens is 6. The van der Waals surface area contributed by atoms with E-state index in [2.05, 4.69) is 48.8 Å². The van der Waals surface area contributed by atoms with Crippen molar-refractivity contribution in [3.63, 3.8) is 0 Å². The molecular weight excluding hydrogens is 2110 g/mol. The summed E-state index contributed by atoms with van der Waals surface area (Å²) in [6.45, 7) is 0. The molecule has 6 aromatic heterocycles. The second-order valence-electron chi connectivity index (χ2n) is 25.4. The zero-order valence-corrected chi connectivity index (χ0v) is 65.1. The summed E-state index contributed by atoms with van der Waals surface area (Å²) >= 11 is 0. The van der Waals surface area contributed by atoms with Gasteiger partial charge in [0, 0.05) is 93.2 Å². The predicted molar refractivity (Wildman–Crippen MR) is 383 cm³/mol. The zero-order valence-electron chi connectivity index (χ0n) is 58.0. The van der Waals surface area contributed by atoms with Crippen LogP contribution >= 0.6 is 0 Å². The molecule has 18 rings (SSSR count). The van der Waals surface area contributed by atoms with Crippen LogP contribution in [-0.2, 0) is 97.4 Å². The van der Waals surface area contributed by atoms with Crippen molar-refractivity contribution in [3.05, 3.63) is 288 Å². The van der Waals surface area contributed by atoms with Crippen molar-refractivity contribution < 1.29 is 167 Å². The van der Waals surface area contributed by atoms with E-state index in [0.717, 1.165) is 45.1 Å².